The lowest BCUT2D eigenvalue weighted by atomic mass is 10.1. The van der Waals surface area contributed by atoms with E-state index in [0.29, 0.717) is 0 Å². The molecule has 32 heavy (non-hydrogen) atoms. The van der Waals surface area contributed by atoms with E-state index in [2.05, 4.69) is 36.4 Å². The summed E-state index contributed by atoms with van der Waals surface area (Å²) in [5, 5.41) is 1.71. The summed E-state index contributed by atoms with van der Waals surface area (Å²) in [5.74, 6) is 0. The van der Waals surface area contributed by atoms with Gasteiger partial charge in [-0.3, -0.25) is 0 Å². The third kappa shape index (κ3) is 3.96. The Morgan fingerprint density at radius 2 is 0.906 bits per heavy atom. The smallest absolute Gasteiger partial charge is 0.274 e. The van der Waals surface area contributed by atoms with Gasteiger partial charge in [-0.2, -0.15) is 0 Å². The van der Waals surface area contributed by atoms with E-state index in [4.69, 9.17) is 0 Å². The van der Waals surface area contributed by atoms with Crippen molar-refractivity contribution in [3.05, 3.63) is 133 Å². The molecule has 0 atom stereocenters. The normalized spacial score (nSPS) is 11.2. The van der Waals surface area contributed by atoms with Gasteiger partial charge in [-0.1, -0.05) is 109 Å². The van der Waals surface area contributed by atoms with Crippen LogP contribution in [-0.4, -0.2) is 0 Å². The van der Waals surface area contributed by atoms with E-state index in [1.54, 1.807) is 11.3 Å². The second-order valence-electron chi connectivity index (χ2n) is 7.56. The van der Waals surface area contributed by atoms with Gasteiger partial charge < -0.3 is 4.57 Å². The SMILES string of the molecule is O=P(c1ccccc1)(c1ccccc1)c1cc(-c2ccccc2)cc(-c2ccccc2)[s+]1. The summed E-state index contributed by atoms with van der Waals surface area (Å²) in [6.07, 6.45) is 0. The van der Waals surface area contributed by atoms with Gasteiger partial charge in [-0.25, -0.2) is 0 Å². The second-order valence-corrected chi connectivity index (χ2v) is 11.7. The highest BCUT2D eigenvalue weighted by Crippen LogP contribution is 2.46. The first-order valence-electron chi connectivity index (χ1n) is 10.6. The summed E-state index contributed by atoms with van der Waals surface area (Å²) in [6.45, 7) is 0. The summed E-state index contributed by atoms with van der Waals surface area (Å²) in [6, 6.07) is 44.7. The van der Waals surface area contributed by atoms with Crippen molar-refractivity contribution >= 4 is 33.7 Å². The van der Waals surface area contributed by atoms with Gasteiger partial charge in [0.1, 0.15) is 0 Å². The summed E-state index contributed by atoms with van der Waals surface area (Å²) in [4.78, 5) is 1.11. The lowest BCUT2D eigenvalue weighted by Gasteiger charge is -2.15. The van der Waals surface area contributed by atoms with Crippen LogP contribution in [0, 0.1) is 0 Å². The van der Waals surface area contributed by atoms with Gasteiger partial charge in [0.25, 0.3) is 4.62 Å². The van der Waals surface area contributed by atoms with Crippen molar-refractivity contribution in [1.29, 1.82) is 0 Å². The van der Waals surface area contributed by atoms with Crippen molar-refractivity contribution in [2.24, 2.45) is 0 Å². The van der Waals surface area contributed by atoms with E-state index < -0.39 is 7.14 Å². The van der Waals surface area contributed by atoms with Gasteiger partial charge in [0.15, 0.2) is 0 Å². The predicted octanol–water partition coefficient (Wildman–Crippen LogP) is 7.00. The van der Waals surface area contributed by atoms with Gasteiger partial charge in [0.2, 0.25) is 23.4 Å². The minimum absolute atomic E-state index is 0.853. The Labute approximate surface area is 193 Å². The largest absolute Gasteiger partial charge is 0.303 e. The molecule has 4 aromatic carbocycles. The van der Waals surface area contributed by atoms with Crippen LogP contribution in [0.2, 0.25) is 0 Å². The fourth-order valence-electron chi connectivity index (χ4n) is 3.86. The van der Waals surface area contributed by atoms with Crippen LogP contribution in [0.3, 0.4) is 0 Å². The molecule has 0 N–H and O–H groups in total. The topological polar surface area (TPSA) is 17.1 Å². The number of hydrogen-bond acceptors (Lipinski definition) is 1. The Hall–Kier alpha value is -3.32. The first-order chi connectivity index (χ1) is 15.7. The number of benzene rings is 4. The third-order valence-corrected chi connectivity index (χ3v) is 10.2. The highest BCUT2D eigenvalue weighted by molar-refractivity contribution is 7.89. The van der Waals surface area contributed by atoms with Crippen molar-refractivity contribution in [2.45, 2.75) is 0 Å². The number of hydrogen-bond donors (Lipinski definition) is 0. The van der Waals surface area contributed by atoms with E-state index in [-0.39, 0.29) is 0 Å². The molecule has 5 rings (SSSR count). The fraction of sp³-hybridized carbons (Fsp3) is 0. The lowest BCUT2D eigenvalue weighted by Crippen LogP contribution is -2.24. The molecule has 154 valence electrons. The van der Waals surface area contributed by atoms with Crippen LogP contribution in [0.5, 0.6) is 0 Å². The fourth-order valence-corrected chi connectivity index (χ4v) is 8.47. The second kappa shape index (κ2) is 9.04. The van der Waals surface area contributed by atoms with Gasteiger partial charge in [0.05, 0.1) is 0 Å². The molecule has 0 bridgehead atoms. The van der Waals surface area contributed by atoms with Crippen LogP contribution >= 0.6 is 18.5 Å². The Morgan fingerprint density at radius 1 is 0.469 bits per heavy atom. The van der Waals surface area contributed by atoms with Crippen molar-refractivity contribution in [2.75, 3.05) is 0 Å². The summed E-state index contributed by atoms with van der Waals surface area (Å²) < 4.78 is 15.9. The van der Waals surface area contributed by atoms with Gasteiger partial charge in [0, 0.05) is 28.3 Å². The van der Waals surface area contributed by atoms with Gasteiger partial charge >= 0.3 is 0 Å². The summed E-state index contributed by atoms with van der Waals surface area (Å²) in [7, 11) is -3.05. The Morgan fingerprint density at radius 3 is 1.41 bits per heavy atom. The molecule has 0 amide bonds. The first kappa shape index (κ1) is 20.6. The maximum absolute atomic E-state index is 15.0. The Kier molecular flexibility index (Phi) is 5.81. The van der Waals surface area contributed by atoms with E-state index in [0.717, 1.165) is 36.8 Å². The maximum Gasteiger partial charge on any atom is 0.274 e. The summed E-state index contributed by atoms with van der Waals surface area (Å²) >= 11 is 1.62. The zero-order chi connectivity index (χ0) is 21.8. The van der Waals surface area contributed by atoms with Crippen LogP contribution in [0.25, 0.3) is 21.6 Å². The molecule has 0 unspecified atom stereocenters. The molecule has 1 aromatic heterocycles. The molecule has 5 aromatic rings. The van der Waals surface area contributed by atoms with Crippen LogP contribution in [0.1, 0.15) is 0 Å². The predicted molar refractivity (Wildman–Crippen MR) is 139 cm³/mol. The minimum atomic E-state index is -3.05. The van der Waals surface area contributed by atoms with Gasteiger partial charge in [-0.05, 0) is 23.3 Å². The van der Waals surface area contributed by atoms with Crippen molar-refractivity contribution in [3.8, 4) is 21.6 Å². The molecule has 0 fully saturated rings. The Bertz CT molecular complexity index is 1270. The van der Waals surface area contributed by atoms with E-state index in [1.807, 2.05) is 97.1 Å². The zero-order valence-electron chi connectivity index (χ0n) is 17.5. The quantitative estimate of drug-likeness (QED) is 0.208. The highest BCUT2D eigenvalue weighted by atomic mass is 32.1. The average Bonchev–Trinajstić information content (AvgIpc) is 2.90. The van der Waals surface area contributed by atoms with Crippen LogP contribution in [-0.2, 0) is 4.57 Å². The monoisotopic (exact) mass is 449 g/mol. The van der Waals surface area contributed by atoms with E-state index in [1.165, 1.54) is 0 Å². The molecule has 1 nitrogen and oxygen atoms in total. The zero-order valence-corrected chi connectivity index (χ0v) is 19.2. The molecule has 0 saturated carbocycles. The molecule has 0 radical (unpaired) electrons. The molecule has 0 aliphatic carbocycles. The van der Waals surface area contributed by atoms with Crippen LogP contribution in [0.4, 0.5) is 0 Å². The average molecular weight is 450 g/mol. The van der Waals surface area contributed by atoms with Crippen molar-refractivity contribution in [1.82, 2.24) is 0 Å². The molecule has 1 heterocycles. The highest BCUT2D eigenvalue weighted by Gasteiger charge is 2.38. The van der Waals surface area contributed by atoms with Crippen molar-refractivity contribution < 1.29 is 4.57 Å². The Balaban J connectivity index is 1.81. The molecular weight excluding hydrogens is 427 g/mol. The van der Waals surface area contributed by atoms with Crippen molar-refractivity contribution in [3.63, 3.8) is 0 Å². The van der Waals surface area contributed by atoms with E-state index in [9.17, 15) is 4.57 Å². The molecule has 0 saturated heterocycles. The minimum Gasteiger partial charge on any atom is -0.303 e. The molecule has 0 spiro atoms. The van der Waals surface area contributed by atoms with Crippen LogP contribution in [0.15, 0.2) is 133 Å². The van der Waals surface area contributed by atoms with Crippen LogP contribution < -0.4 is 15.2 Å². The first-order valence-corrected chi connectivity index (χ1v) is 13.1. The molecule has 0 aliphatic rings. The third-order valence-electron chi connectivity index (χ3n) is 5.50. The number of rotatable bonds is 5. The lowest BCUT2D eigenvalue weighted by molar-refractivity contribution is 0.593. The summed E-state index contributed by atoms with van der Waals surface area (Å²) in [5.41, 5.74) is 3.32. The molecule has 0 aliphatic heterocycles. The molecule has 3 heteroatoms. The maximum atomic E-state index is 15.0. The van der Waals surface area contributed by atoms with Gasteiger partial charge in [-0.15, -0.1) is 0 Å². The van der Waals surface area contributed by atoms with E-state index >= 15 is 0 Å². The molecular formula is C29H22OPS+. The standard InChI is InChI=1S/C29H22OPS/c30-31(26-17-9-3-10-18-26,27-19-11-4-12-20-27)29-22-25(23-13-5-1-6-14-23)21-28(32-29)24-15-7-2-8-16-24/h1-22H/q+1.